The Morgan fingerprint density at radius 1 is 1.36 bits per heavy atom. The molecule has 3 rings (SSSR count). The number of carbonyl (C=O) groups excluding carboxylic acids is 1. The summed E-state index contributed by atoms with van der Waals surface area (Å²) in [7, 11) is 1.61. The van der Waals surface area contributed by atoms with Crippen molar-refractivity contribution in [3.8, 4) is 11.5 Å². The van der Waals surface area contributed by atoms with Gasteiger partial charge >= 0.3 is 0 Å². The molecular weight excluding hydrogens is 401 g/mol. The van der Waals surface area contributed by atoms with Crippen LogP contribution in [0, 0.1) is 5.82 Å². The zero-order valence-electron chi connectivity index (χ0n) is 16.1. The minimum atomic E-state index is -0.406. The lowest BCUT2D eigenvalue weighted by atomic mass is 9.89. The van der Waals surface area contributed by atoms with Gasteiger partial charge in [-0.1, -0.05) is 17.7 Å². The van der Waals surface area contributed by atoms with Gasteiger partial charge in [0.15, 0.2) is 0 Å². The molecule has 0 fully saturated rings. The fourth-order valence-corrected chi connectivity index (χ4v) is 4.20. The van der Waals surface area contributed by atoms with Crippen LogP contribution in [0.4, 0.5) is 4.39 Å². The van der Waals surface area contributed by atoms with Crippen molar-refractivity contribution < 1.29 is 18.7 Å². The van der Waals surface area contributed by atoms with Crippen LogP contribution in [0.25, 0.3) is 0 Å². The number of methoxy groups -OCH3 is 1. The van der Waals surface area contributed by atoms with Crippen molar-refractivity contribution in [2.45, 2.75) is 37.7 Å². The Balaban J connectivity index is 1.62. The van der Waals surface area contributed by atoms with Gasteiger partial charge in [0.1, 0.15) is 22.9 Å². The summed E-state index contributed by atoms with van der Waals surface area (Å²) in [5.74, 6) is 1.63. The van der Waals surface area contributed by atoms with E-state index in [4.69, 9.17) is 21.1 Å². The summed E-state index contributed by atoms with van der Waals surface area (Å²) in [4.78, 5) is 12.5. The molecule has 4 nitrogen and oxygen atoms in total. The lowest BCUT2D eigenvalue weighted by Gasteiger charge is -2.38. The van der Waals surface area contributed by atoms with Crippen molar-refractivity contribution in [3.63, 3.8) is 0 Å². The molecule has 2 aromatic rings. The Labute approximate surface area is 173 Å². The number of hydrogen-bond acceptors (Lipinski definition) is 4. The Morgan fingerprint density at radius 3 is 2.86 bits per heavy atom. The van der Waals surface area contributed by atoms with Gasteiger partial charge in [-0.2, -0.15) is 0 Å². The Morgan fingerprint density at radius 2 is 2.14 bits per heavy atom. The highest BCUT2D eigenvalue weighted by Gasteiger charge is 2.34. The molecule has 7 heteroatoms. The molecular formula is C21H23ClFNO3S. The molecule has 0 saturated carbocycles. The predicted octanol–water partition coefficient (Wildman–Crippen LogP) is 5.14. The van der Waals surface area contributed by atoms with Gasteiger partial charge in [0.05, 0.1) is 18.9 Å². The van der Waals surface area contributed by atoms with E-state index < -0.39 is 5.60 Å². The summed E-state index contributed by atoms with van der Waals surface area (Å²) >= 11 is 7.13. The summed E-state index contributed by atoms with van der Waals surface area (Å²) in [6.07, 6.45) is 0.661. The Bertz CT molecular complexity index is 875. The minimum Gasteiger partial charge on any atom is -0.497 e. The molecule has 0 spiro atoms. The van der Waals surface area contributed by atoms with Gasteiger partial charge in [0, 0.05) is 28.8 Å². The summed E-state index contributed by atoms with van der Waals surface area (Å²) in [6, 6.07) is 10.1. The first-order valence-electron chi connectivity index (χ1n) is 8.95. The van der Waals surface area contributed by atoms with Crippen molar-refractivity contribution >= 4 is 29.3 Å². The van der Waals surface area contributed by atoms with Gasteiger partial charge in [-0.05, 0) is 43.7 Å². The van der Waals surface area contributed by atoms with E-state index in [2.05, 4.69) is 5.32 Å². The third-order valence-corrected chi connectivity index (χ3v) is 5.74. The highest BCUT2D eigenvalue weighted by atomic mass is 35.5. The van der Waals surface area contributed by atoms with Gasteiger partial charge < -0.3 is 14.8 Å². The van der Waals surface area contributed by atoms with E-state index in [0.717, 1.165) is 11.3 Å². The molecule has 1 atom stereocenters. The van der Waals surface area contributed by atoms with Gasteiger partial charge in [-0.15, -0.1) is 11.8 Å². The largest absolute Gasteiger partial charge is 0.497 e. The highest BCUT2D eigenvalue weighted by Crippen LogP contribution is 2.41. The van der Waals surface area contributed by atoms with Gasteiger partial charge in [-0.3, -0.25) is 4.79 Å². The molecule has 0 aliphatic carbocycles. The maximum atomic E-state index is 13.8. The van der Waals surface area contributed by atoms with Gasteiger partial charge in [-0.25, -0.2) is 4.39 Å². The van der Waals surface area contributed by atoms with E-state index in [9.17, 15) is 9.18 Å². The van der Waals surface area contributed by atoms with Crippen LogP contribution in [0.1, 0.15) is 37.4 Å². The predicted molar refractivity (Wildman–Crippen MR) is 111 cm³/mol. The molecule has 0 radical (unpaired) electrons. The molecule has 1 heterocycles. The van der Waals surface area contributed by atoms with Crippen LogP contribution < -0.4 is 14.8 Å². The summed E-state index contributed by atoms with van der Waals surface area (Å²) in [5.41, 5.74) is 1.06. The molecule has 150 valence electrons. The van der Waals surface area contributed by atoms with Gasteiger partial charge in [0.25, 0.3) is 0 Å². The Kier molecular flexibility index (Phi) is 6.40. The van der Waals surface area contributed by atoms with Crippen LogP contribution in [0.2, 0.25) is 5.02 Å². The molecule has 0 aromatic heterocycles. The molecule has 1 N–H and O–H groups in total. The minimum absolute atomic E-state index is 0.0937. The first kappa shape index (κ1) is 20.8. The van der Waals surface area contributed by atoms with E-state index in [1.165, 1.54) is 17.8 Å². The van der Waals surface area contributed by atoms with Crippen LogP contribution >= 0.6 is 23.4 Å². The van der Waals surface area contributed by atoms with Crippen LogP contribution in [0.5, 0.6) is 11.5 Å². The SMILES string of the molecule is COc1ccc2c(c1)OC(C)(C)C[C@H]2NC(=O)CSCc1ccc(Cl)cc1F. The van der Waals surface area contributed by atoms with Gasteiger partial charge in [0.2, 0.25) is 5.91 Å². The second kappa shape index (κ2) is 8.62. The number of ether oxygens (including phenoxy) is 2. The molecule has 1 aliphatic heterocycles. The average Bonchev–Trinajstić information content (AvgIpc) is 2.62. The first-order chi connectivity index (χ1) is 13.3. The second-order valence-corrected chi connectivity index (χ2v) is 8.74. The van der Waals surface area contributed by atoms with Crippen molar-refractivity contribution in [2.24, 2.45) is 0 Å². The number of fused-ring (bicyclic) bond motifs is 1. The third kappa shape index (κ3) is 5.11. The first-order valence-corrected chi connectivity index (χ1v) is 10.5. The third-order valence-electron chi connectivity index (χ3n) is 4.52. The Hall–Kier alpha value is -1.92. The number of halogens is 2. The van der Waals surface area contributed by atoms with Crippen molar-refractivity contribution in [3.05, 3.63) is 58.4 Å². The summed E-state index contributed by atoms with van der Waals surface area (Å²) in [5, 5.41) is 3.45. The number of amides is 1. The van der Waals surface area contributed by atoms with E-state index in [-0.39, 0.29) is 23.5 Å². The number of rotatable bonds is 6. The van der Waals surface area contributed by atoms with Crippen LogP contribution in [0.15, 0.2) is 36.4 Å². The topological polar surface area (TPSA) is 47.6 Å². The van der Waals surface area contributed by atoms with Crippen LogP contribution in [-0.2, 0) is 10.5 Å². The quantitative estimate of drug-likeness (QED) is 0.698. The molecule has 28 heavy (non-hydrogen) atoms. The van der Waals surface area contributed by atoms with Crippen molar-refractivity contribution in [1.29, 1.82) is 0 Å². The molecule has 1 amide bonds. The summed E-state index contributed by atoms with van der Waals surface area (Å²) in [6.45, 7) is 3.99. The fraction of sp³-hybridized carbons (Fsp3) is 0.381. The molecule has 1 aliphatic rings. The van der Waals surface area contributed by atoms with E-state index in [0.29, 0.717) is 28.5 Å². The number of nitrogens with one attached hydrogen (secondary N) is 1. The zero-order chi connectivity index (χ0) is 20.3. The van der Waals surface area contributed by atoms with Crippen LogP contribution in [0.3, 0.4) is 0 Å². The fourth-order valence-electron chi connectivity index (χ4n) is 3.22. The molecule has 2 aromatic carbocycles. The average molecular weight is 424 g/mol. The lowest BCUT2D eigenvalue weighted by Crippen LogP contribution is -2.41. The van der Waals surface area contributed by atoms with Crippen LogP contribution in [-0.4, -0.2) is 24.4 Å². The van der Waals surface area contributed by atoms with Crippen molar-refractivity contribution in [1.82, 2.24) is 5.32 Å². The normalized spacial score (nSPS) is 17.4. The maximum absolute atomic E-state index is 13.8. The molecule has 0 saturated heterocycles. The number of carbonyl (C=O) groups is 1. The van der Waals surface area contributed by atoms with E-state index in [1.54, 1.807) is 19.2 Å². The number of thioether (sulfide) groups is 1. The second-order valence-electron chi connectivity index (χ2n) is 7.32. The van der Waals surface area contributed by atoms with E-state index >= 15 is 0 Å². The lowest BCUT2D eigenvalue weighted by molar-refractivity contribution is -0.119. The number of benzene rings is 2. The molecule has 0 bridgehead atoms. The van der Waals surface area contributed by atoms with E-state index in [1.807, 2.05) is 32.0 Å². The smallest absolute Gasteiger partial charge is 0.230 e. The molecule has 0 unspecified atom stereocenters. The monoisotopic (exact) mass is 423 g/mol. The summed E-state index contributed by atoms with van der Waals surface area (Å²) < 4.78 is 25.2. The highest BCUT2D eigenvalue weighted by molar-refractivity contribution is 7.99. The zero-order valence-corrected chi connectivity index (χ0v) is 17.6. The van der Waals surface area contributed by atoms with Crippen molar-refractivity contribution in [2.75, 3.05) is 12.9 Å². The standard InChI is InChI=1S/C21H23ClFNO3S/c1-21(2)10-18(16-7-6-15(26-3)9-19(16)27-21)24-20(25)12-28-11-13-4-5-14(22)8-17(13)23/h4-9,18H,10-12H2,1-3H3,(H,24,25)/t18-/m1/s1. The maximum Gasteiger partial charge on any atom is 0.230 e. The number of hydrogen-bond donors (Lipinski definition) is 1.